The molecule has 0 saturated carbocycles. The number of carbonyl (C=O) groups is 1. The van der Waals surface area contributed by atoms with E-state index in [1.54, 1.807) is 7.11 Å². The predicted octanol–water partition coefficient (Wildman–Crippen LogP) is 2.65. The highest BCUT2D eigenvalue weighted by Gasteiger charge is 2.27. The summed E-state index contributed by atoms with van der Waals surface area (Å²) in [5.41, 5.74) is 2.65. The van der Waals surface area contributed by atoms with Crippen molar-refractivity contribution >= 4 is 5.78 Å². The lowest BCUT2D eigenvalue weighted by Gasteiger charge is -2.08. The second-order valence-corrected chi connectivity index (χ2v) is 5.34. The molecule has 0 atom stereocenters. The van der Waals surface area contributed by atoms with Crippen molar-refractivity contribution in [2.45, 2.75) is 19.3 Å². The molecule has 23 heavy (non-hydrogen) atoms. The van der Waals surface area contributed by atoms with Crippen LogP contribution in [0.15, 0.2) is 28.7 Å². The molecule has 2 heterocycles. The lowest BCUT2D eigenvalue weighted by atomic mass is 9.94. The molecule has 7 heteroatoms. The fourth-order valence-electron chi connectivity index (χ4n) is 2.73. The molecule has 4 rings (SSSR count). The van der Waals surface area contributed by atoms with Crippen LogP contribution < -0.4 is 4.74 Å². The van der Waals surface area contributed by atoms with Gasteiger partial charge in [-0.25, -0.2) is 0 Å². The van der Waals surface area contributed by atoms with E-state index in [9.17, 15) is 4.79 Å². The molecular weight excluding hydrogens is 296 g/mol. The maximum atomic E-state index is 12.1. The van der Waals surface area contributed by atoms with Crippen LogP contribution in [0.3, 0.4) is 0 Å². The number of aromatic amines is 1. The van der Waals surface area contributed by atoms with Crippen molar-refractivity contribution in [1.29, 1.82) is 0 Å². The third-order valence-corrected chi connectivity index (χ3v) is 3.92. The van der Waals surface area contributed by atoms with Gasteiger partial charge in [0.05, 0.1) is 12.7 Å². The Morgan fingerprint density at radius 1 is 1.13 bits per heavy atom. The number of aryl methyl sites for hydroxylation is 1. The normalized spacial score (nSPS) is 13.9. The molecule has 1 aliphatic carbocycles. The van der Waals surface area contributed by atoms with Crippen LogP contribution in [0.2, 0.25) is 0 Å². The topological polar surface area (TPSA) is 93.9 Å². The number of benzene rings is 1. The zero-order chi connectivity index (χ0) is 15.8. The van der Waals surface area contributed by atoms with Gasteiger partial charge in [-0.05, 0) is 37.1 Å². The number of hydrogen-bond donors (Lipinski definition) is 1. The minimum Gasteiger partial charge on any atom is -0.497 e. The number of nitrogens with one attached hydrogen (secondary N) is 1. The van der Waals surface area contributed by atoms with E-state index in [-0.39, 0.29) is 11.7 Å². The van der Waals surface area contributed by atoms with Crippen molar-refractivity contribution in [3.63, 3.8) is 0 Å². The summed E-state index contributed by atoms with van der Waals surface area (Å²) in [5, 5.41) is 15.2. The molecule has 1 N–H and O–H groups in total. The molecule has 0 bridgehead atoms. The third kappa shape index (κ3) is 2.30. The van der Waals surface area contributed by atoms with Gasteiger partial charge in [-0.1, -0.05) is 0 Å². The van der Waals surface area contributed by atoms with Crippen LogP contribution >= 0.6 is 0 Å². The monoisotopic (exact) mass is 310 g/mol. The summed E-state index contributed by atoms with van der Waals surface area (Å²) in [5.74, 6) is 1.45. The molecule has 0 aliphatic heterocycles. The van der Waals surface area contributed by atoms with Gasteiger partial charge in [-0.15, -0.1) is 10.2 Å². The minimum atomic E-state index is 0.0687. The number of aromatic nitrogens is 4. The number of Topliss-reactive ketones (excluding diaryl/α,β-unsaturated/α-hetero) is 1. The molecule has 3 aromatic rings. The Morgan fingerprint density at radius 3 is 2.70 bits per heavy atom. The largest absolute Gasteiger partial charge is 0.497 e. The molecule has 0 fully saturated rings. The maximum absolute atomic E-state index is 12.1. The summed E-state index contributed by atoms with van der Waals surface area (Å²) < 4.78 is 10.8. The fourth-order valence-corrected chi connectivity index (χ4v) is 2.73. The second-order valence-electron chi connectivity index (χ2n) is 5.34. The number of fused-ring (bicyclic) bond motifs is 1. The maximum Gasteiger partial charge on any atom is 0.269 e. The first-order valence-corrected chi connectivity index (χ1v) is 7.35. The van der Waals surface area contributed by atoms with Crippen molar-refractivity contribution in [2.24, 2.45) is 0 Å². The van der Waals surface area contributed by atoms with Crippen molar-refractivity contribution < 1.29 is 13.9 Å². The Labute approximate surface area is 131 Å². The SMILES string of the molecule is COc1ccc(-c2nnc(-c3n[nH]c4c3C(=O)CCC4)o2)cc1. The number of ether oxygens (including phenoxy) is 1. The van der Waals surface area contributed by atoms with E-state index < -0.39 is 0 Å². The summed E-state index contributed by atoms with van der Waals surface area (Å²) in [4.78, 5) is 12.1. The van der Waals surface area contributed by atoms with E-state index in [0.29, 0.717) is 23.6 Å². The number of nitrogens with zero attached hydrogens (tertiary/aromatic N) is 3. The van der Waals surface area contributed by atoms with Crippen LogP contribution in [0.1, 0.15) is 28.9 Å². The number of H-pyrrole nitrogens is 1. The van der Waals surface area contributed by atoms with Gasteiger partial charge in [0.15, 0.2) is 11.5 Å². The summed E-state index contributed by atoms with van der Waals surface area (Å²) in [6, 6.07) is 7.31. The van der Waals surface area contributed by atoms with E-state index in [4.69, 9.17) is 9.15 Å². The van der Waals surface area contributed by atoms with Crippen LogP contribution in [0, 0.1) is 0 Å². The van der Waals surface area contributed by atoms with Crippen LogP contribution in [-0.2, 0) is 6.42 Å². The number of rotatable bonds is 3. The highest BCUT2D eigenvalue weighted by molar-refractivity contribution is 6.02. The van der Waals surface area contributed by atoms with Gasteiger partial charge >= 0.3 is 0 Å². The summed E-state index contributed by atoms with van der Waals surface area (Å²) >= 11 is 0. The van der Waals surface area contributed by atoms with E-state index in [0.717, 1.165) is 29.8 Å². The highest BCUT2D eigenvalue weighted by Crippen LogP contribution is 2.30. The first kappa shape index (κ1) is 13.7. The summed E-state index contributed by atoms with van der Waals surface area (Å²) in [6.45, 7) is 0. The molecule has 116 valence electrons. The highest BCUT2D eigenvalue weighted by atomic mass is 16.5. The van der Waals surface area contributed by atoms with Gasteiger partial charge < -0.3 is 9.15 Å². The van der Waals surface area contributed by atoms with Gasteiger partial charge in [-0.3, -0.25) is 9.89 Å². The van der Waals surface area contributed by atoms with Gasteiger partial charge in [0.2, 0.25) is 5.89 Å². The minimum absolute atomic E-state index is 0.0687. The summed E-state index contributed by atoms with van der Waals surface area (Å²) in [6.07, 6.45) is 2.18. The van der Waals surface area contributed by atoms with Crippen molar-refractivity contribution in [2.75, 3.05) is 7.11 Å². The molecule has 0 unspecified atom stereocenters. The first-order chi connectivity index (χ1) is 11.3. The number of carbonyl (C=O) groups excluding carboxylic acids is 1. The molecule has 1 aromatic carbocycles. The molecule has 2 aromatic heterocycles. The smallest absolute Gasteiger partial charge is 0.269 e. The average Bonchev–Trinajstić information content (AvgIpc) is 3.22. The third-order valence-electron chi connectivity index (χ3n) is 3.92. The first-order valence-electron chi connectivity index (χ1n) is 7.35. The van der Waals surface area contributed by atoms with Crippen LogP contribution in [0.4, 0.5) is 0 Å². The lowest BCUT2D eigenvalue weighted by Crippen LogP contribution is -2.10. The van der Waals surface area contributed by atoms with Crippen molar-refractivity contribution in [1.82, 2.24) is 20.4 Å². The standard InChI is InChI=1S/C16H14N4O3/c1-22-10-7-5-9(6-8-10)15-19-20-16(23-15)14-13-11(17-18-14)3-2-4-12(13)21/h5-8H,2-4H2,1H3,(H,17,18). The van der Waals surface area contributed by atoms with Gasteiger partial charge in [0.1, 0.15) is 5.75 Å². The molecule has 0 amide bonds. The Morgan fingerprint density at radius 2 is 1.91 bits per heavy atom. The quantitative estimate of drug-likeness (QED) is 0.799. The molecular formula is C16H14N4O3. The molecule has 0 saturated heterocycles. The fraction of sp³-hybridized carbons (Fsp3) is 0.250. The van der Waals surface area contributed by atoms with E-state index >= 15 is 0 Å². The number of hydrogen-bond acceptors (Lipinski definition) is 6. The van der Waals surface area contributed by atoms with Crippen LogP contribution in [-0.4, -0.2) is 33.3 Å². The van der Waals surface area contributed by atoms with Gasteiger partial charge in [0, 0.05) is 17.7 Å². The molecule has 7 nitrogen and oxygen atoms in total. The van der Waals surface area contributed by atoms with E-state index in [2.05, 4.69) is 20.4 Å². The van der Waals surface area contributed by atoms with Crippen LogP contribution in [0.25, 0.3) is 23.0 Å². The Hall–Kier alpha value is -2.96. The van der Waals surface area contributed by atoms with Crippen molar-refractivity contribution in [3.8, 4) is 28.8 Å². The zero-order valence-corrected chi connectivity index (χ0v) is 12.5. The molecule has 0 spiro atoms. The molecule has 0 radical (unpaired) electrons. The summed E-state index contributed by atoms with van der Waals surface area (Å²) in [7, 11) is 1.61. The Bertz CT molecular complexity index is 864. The number of methoxy groups -OCH3 is 1. The second kappa shape index (κ2) is 5.35. The lowest BCUT2D eigenvalue weighted by molar-refractivity contribution is 0.0973. The zero-order valence-electron chi connectivity index (χ0n) is 12.5. The Kier molecular flexibility index (Phi) is 3.18. The van der Waals surface area contributed by atoms with E-state index in [1.807, 2.05) is 24.3 Å². The van der Waals surface area contributed by atoms with E-state index in [1.165, 1.54) is 0 Å². The predicted molar refractivity (Wildman–Crippen MR) is 81.1 cm³/mol. The molecule has 1 aliphatic rings. The Balaban J connectivity index is 1.71. The average molecular weight is 310 g/mol. The van der Waals surface area contributed by atoms with Gasteiger partial charge in [-0.2, -0.15) is 5.10 Å². The van der Waals surface area contributed by atoms with Gasteiger partial charge in [0.25, 0.3) is 5.89 Å². The van der Waals surface area contributed by atoms with Crippen molar-refractivity contribution in [3.05, 3.63) is 35.5 Å². The number of ketones is 1. The van der Waals surface area contributed by atoms with Crippen LogP contribution in [0.5, 0.6) is 5.75 Å².